The van der Waals surface area contributed by atoms with Crippen LogP contribution < -0.4 is 10.5 Å². The zero-order valence-electron chi connectivity index (χ0n) is 10.3. The van der Waals surface area contributed by atoms with Crippen molar-refractivity contribution in [3.63, 3.8) is 0 Å². The minimum absolute atomic E-state index is 0.322. The maximum absolute atomic E-state index is 6.51. The second-order valence-corrected chi connectivity index (χ2v) is 5.40. The maximum atomic E-state index is 6.51. The average molecular weight is 231 g/mol. The normalized spacial score (nSPS) is 26.3. The Bertz CT molecular complexity index is 384. The first-order valence-electron chi connectivity index (χ1n) is 6.83. The molecule has 0 saturated heterocycles. The SMILES string of the molecule is NC(C1CCCC1)C1CCOc2ccccc21. The van der Waals surface area contributed by atoms with Gasteiger partial charge in [-0.3, -0.25) is 0 Å². The molecule has 92 valence electrons. The molecule has 3 rings (SSSR count). The fourth-order valence-corrected chi connectivity index (χ4v) is 3.44. The molecule has 1 aromatic carbocycles. The molecule has 2 nitrogen and oxygen atoms in total. The molecule has 1 fully saturated rings. The van der Waals surface area contributed by atoms with Crippen molar-refractivity contribution in [3.05, 3.63) is 29.8 Å². The third kappa shape index (κ3) is 2.06. The van der Waals surface area contributed by atoms with Crippen LogP contribution in [0.4, 0.5) is 0 Å². The third-order valence-electron chi connectivity index (χ3n) is 4.41. The van der Waals surface area contributed by atoms with Crippen molar-refractivity contribution >= 4 is 0 Å². The highest BCUT2D eigenvalue weighted by atomic mass is 16.5. The van der Waals surface area contributed by atoms with Gasteiger partial charge in [-0.25, -0.2) is 0 Å². The summed E-state index contributed by atoms with van der Waals surface area (Å²) in [6, 6.07) is 8.73. The number of benzene rings is 1. The largest absolute Gasteiger partial charge is 0.493 e. The predicted molar refractivity (Wildman–Crippen MR) is 69.2 cm³/mol. The van der Waals surface area contributed by atoms with Crippen LogP contribution in [0.1, 0.15) is 43.6 Å². The van der Waals surface area contributed by atoms with Gasteiger partial charge in [-0.1, -0.05) is 31.0 Å². The van der Waals surface area contributed by atoms with Crippen molar-refractivity contribution in [3.8, 4) is 5.75 Å². The van der Waals surface area contributed by atoms with Crippen LogP contribution in [0.3, 0.4) is 0 Å². The highest BCUT2D eigenvalue weighted by Gasteiger charge is 2.32. The lowest BCUT2D eigenvalue weighted by molar-refractivity contribution is 0.236. The lowest BCUT2D eigenvalue weighted by atomic mass is 9.80. The summed E-state index contributed by atoms with van der Waals surface area (Å²) in [6.45, 7) is 0.822. The summed E-state index contributed by atoms with van der Waals surface area (Å²) in [4.78, 5) is 0. The molecule has 2 unspecified atom stereocenters. The van der Waals surface area contributed by atoms with Crippen LogP contribution in [0.25, 0.3) is 0 Å². The Hall–Kier alpha value is -1.02. The van der Waals surface area contributed by atoms with E-state index in [4.69, 9.17) is 10.5 Å². The van der Waals surface area contributed by atoms with Crippen molar-refractivity contribution in [1.29, 1.82) is 0 Å². The van der Waals surface area contributed by atoms with Crippen LogP contribution in [0.5, 0.6) is 5.75 Å². The van der Waals surface area contributed by atoms with Gasteiger partial charge in [0, 0.05) is 12.0 Å². The maximum Gasteiger partial charge on any atom is 0.122 e. The van der Waals surface area contributed by atoms with Gasteiger partial charge in [0.25, 0.3) is 0 Å². The molecule has 2 heteroatoms. The lowest BCUT2D eigenvalue weighted by Crippen LogP contribution is -2.37. The van der Waals surface area contributed by atoms with Gasteiger partial charge in [-0.05, 0) is 36.8 Å². The van der Waals surface area contributed by atoms with Crippen molar-refractivity contribution in [1.82, 2.24) is 0 Å². The van der Waals surface area contributed by atoms with Crippen LogP contribution in [0.2, 0.25) is 0 Å². The van der Waals surface area contributed by atoms with Crippen molar-refractivity contribution in [2.75, 3.05) is 6.61 Å². The Morgan fingerprint density at radius 2 is 1.88 bits per heavy atom. The molecule has 0 aromatic heterocycles. The molecule has 1 aromatic rings. The lowest BCUT2D eigenvalue weighted by Gasteiger charge is -2.33. The molecule has 0 spiro atoms. The van der Waals surface area contributed by atoms with Gasteiger partial charge >= 0.3 is 0 Å². The highest BCUT2D eigenvalue weighted by molar-refractivity contribution is 5.38. The van der Waals surface area contributed by atoms with Crippen molar-refractivity contribution < 1.29 is 4.74 Å². The van der Waals surface area contributed by atoms with E-state index in [0.717, 1.165) is 24.7 Å². The molecular weight excluding hydrogens is 210 g/mol. The molecule has 1 aliphatic carbocycles. The number of fused-ring (bicyclic) bond motifs is 1. The molecule has 2 N–H and O–H groups in total. The standard InChI is InChI=1S/C15H21NO/c16-15(11-5-1-2-6-11)13-9-10-17-14-8-4-3-7-12(13)14/h3-4,7-8,11,13,15H,1-2,5-6,9-10,16H2. The minimum Gasteiger partial charge on any atom is -0.493 e. The van der Waals surface area contributed by atoms with Gasteiger partial charge in [-0.2, -0.15) is 0 Å². The van der Waals surface area contributed by atoms with Crippen LogP contribution in [-0.2, 0) is 0 Å². The van der Waals surface area contributed by atoms with Gasteiger partial charge < -0.3 is 10.5 Å². The van der Waals surface area contributed by atoms with Gasteiger partial charge in [0.15, 0.2) is 0 Å². The summed E-state index contributed by atoms with van der Waals surface area (Å²) in [6.07, 6.45) is 6.45. The Morgan fingerprint density at radius 1 is 1.12 bits per heavy atom. The molecule has 1 heterocycles. The summed E-state index contributed by atoms with van der Waals surface area (Å²) in [5.74, 6) is 2.28. The van der Waals surface area contributed by atoms with E-state index in [9.17, 15) is 0 Å². The molecule has 0 amide bonds. The number of hydrogen-bond acceptors (Lipinski definition) is 2. The monoisotopic (exact) mass is 231 g/mol. The summed E-state index contributed by atoms with van der Waals surface area (Å²) >= 11 is 0. The molecule has 0 radical (unpaired) electrons. The minimum atomic E-state index is 0.322. The zero-order chi connectivity index (χ0) is 11.7. The Kier molecular flexibility index (Phi) is 3.06. The third-order valence-corrected chi connectivity index (χ3v) is 4.41. The van der Waals surface area contributed by atoms with Gasteiger partial charge in [0.05, 0.1) is 6.61 Å². The second-order valence-electron chi connectivity index (χ2n) is 5.40. The zero-order valence-corrected chi connectivity index (χ0v) is 10.3. The van der Waals surface area contributed by atoms with E-state index in [1.165, 1.54) is 31.2 Å². The van der Waals surface area contributed by atoms with E-state index in [1.54, 1.807) is 0 Å². The highest BCUT2D eigenvalue weighted by Crippen LogP contribution is 2.40. The summed E-state index contributed by atoms with van der Waals surface area (Å²) in [5, 5.41) is 0. The molecule has 1 saturated carbocycles. The van der Waals surface area contributed by atoms with E-state index in [0.29, 0.717) is 12.0 Å². The predicted octanol–water partition coefficient (Wildman–Crippen LogP) is 3.07. The van der Waals surface area contributed by atoms with Gasteiger partial charge in [0.1, 0.15) is 5.75 Å². The first kappa shape index (κ1) is 11.1. The Morgan fingerprint density at radius 3 is 2.71 bits per heavy atom. The molecule has 2 aliphatic rings. The Labute approximate surface area is 103 Å². The summed E-state index contributed by atoms with van der Waals surface area (Å²) < 4.78 is 5.71. The molecule has 17 heavy (non-hydrogen) atoms. The smallest absolute Gasteiger partial charge is 0.122 e. The summed E-state index contributed by atoms with van der Waals surface area (Å²) in [5.41, 5.74) is 7.84. The molecule has 0 bridgehead atoms. The fourth-order valence-electron chi connectivity index (χ4n) is 3.44. The number of para-hydroxylation sites is 1. The number of ether oxygens (including phenoxy) is 1. The van der Waals surface area contributed by atoms with E-state index in [2.05, 4.69) is 18.2 Å². The topological polar surface area (TPSA) is 35.2 Å². The van der Waals surface area contributed by atoms with Gasteiger partial charge in [-0.15, -0.1) is 0 Å². The number of nitrogens with two attached hydrogens (primary N) is 1. The van der Waals surface area contributed by atoms with Crippen molar-refractivity contribution in [2.45, 2.75) is 44.1 Å². The second kappa shape index (κ2) is 4.69. The first-order valence-corrected chi connectivity index (χ1v) is 6.83. The van der Waals surface area contributed by atoms with Crippen molar-refractivity contribution in [2.24, 2.45) is 11.7 Å². The molecular formula is C15H21NO. The van der Waals surface area contributed by atoms with Crippen LogP contribution in [0, 0.1) is 5.92 Å². The van der Waals surface area contributed by atoms with E-state index in [1.807, 2.05) is 6.07 Å². The number of hydrogen-bond donors (Lipinski definition) is 1. The quantitative estimate of drug-likeness (QED) is 0.849. The van der Waals surface area contributed by atoms with Crippen LogP contribution in [-0.4, -0.2) is 12.6 Å². The fraction of sp³-hybridized carbons (Fsp3) is 0.600. The Balaban J connectivity index is 1.84. The van der Waals surface area contributed by atoms with Crippen LogP contribution >= 0.6 is 0 Å². The summed E-state index contributed by atoms with van der Waals surface area (Å²) in [7, 11) is 0. The average Bonchev–Trinajstić information content (AvgIpc) is 2.91. The van der Waals surface area contributed by atoms with E-state index < -0.39 is 0 Å². The number of rotatable bonds is 2. The van der Waals surface area contributed by atoms with Crippen LogP contribution in [0.15, 0.2) is 24.3 Å². The van der Waals surface area contributed by atoms with E-state index in [-0.39, 0.29) is 0 Å². The van der Waals surface area contributed by atoms with E-state index >= 15 is 0 Å². The molecule has 2 atom stereocenters. The molecule has 1 aliphatic heterocycles. The first-order chi connectivity index (χ1) is 8.36. The van der Waals surface area contributed by atoms with Gasteiger partial charge in [0.2, 0.25) is 0 Å².